The lowest BCUT2D eigenvalue weighted by molar-refractivity contribution is -0.136. The molecule has 9 rings (SSSR count). The number of imide groups is 1. The van der Waals surface area contributed by atoms with Crippen LogP contribution in [0.5, 0.6) is 5.75 Å². The first-order valence-electron chi connectivity index (χ1n) is 20.2. The number of hydrogen-bond donors (Lipinski definition) is 2. The van der Waals surface area contributed by atoms with Crippen LogP contribution in [0, 0.1) is 5.92 Å². The van der Waals surface area contributed by atoms with E-state index in [-0.39, 0.29) is 35.5 Å². The number of phenolic OH excluding ortho intramolecular Hbond substituents is 1. The first-order valence-corrected chi connectivity index (χ1v) is 20.2. The van der Waals surface area contributed by atoms with E-state index >= 15 is 0 Å². The molecule has 3 fully saturated rings. The number of nitrogens with one attached hydrogen (secondary N) is 1. The quantitative estimate of drug-likeness (QED) is 0.217. The highest BCUT2D eigenvalue weighted by molar-refractivity contribution is 6.05. The number of amides is 3. The van der Waals surface area contributed by atoms with Gasteiger partial charge < -0.3 is 19.8 Å². The fraction of sp³-hybridized carbons (Fsp3) is 0.413. The van der Waals surface area contributed by atoms with Crippen molar-refractivity contribution in [1.29, 1.82) is 0 Å². The number of anilines is 2. The number of piperazine rings is 1. The van der Waals surface area contributed by atoms with E-state index in [2.05, 4.69) is 93.7 Å². The summed E-state index contributed by atoms with van der Waals surface area (Å²) in [6.07, 6.45) is 5.02. The fourth-order valence-electron chi connectivity index (χ4n) is 10.2. The van der Waals surface area contributed by atoms with Crippen molar-refractivity contribution in [1.82, 2.24) is 15.1 Å². The van der Waals surface area contributed by atoms with E-state index < -0.39 is 6.04 Å². The highest BCUT2D eigenvalue weighted by Gasteiger charge is 2.42. The maximum absolute atomic E-state index is 13.2. The highest BCUT2D eigenvalue weighted by atomic mass is 16.3. The van der Waals surface area contributed by atoms with Gasteiger partial charge in [0.15, 0.2) is 0 Å². The van der Waals surface area contributed by atoms with Crippen molar-refractivity contribution in [2.24, 2.45) is 5.92 Å². The third-order valence-electron chi connectivity index (χ3n) is 13.4. The van der Waals surface area contributed by atoms with Gasteiger partial charge in [-0.2, -0.15) is 0 Å². The third-order valence-corrected chi connectivity index (χ3v) is 13.4. The second-order valence-corrected chi connectivity index (χ2v) is 16.7. The SMILES string of the molecule is C[C@]1(c2ccccc2)CCc2cc(O)ccc2[C@H]1c1ccc(N2CCC(CN3CCN(c4ccc5c(c4)CN([C@H]4CCC(=O)NC4=O)C5=O)CC3)CC2)cc1. The van der Waals surface area contributed by atoms with Gasteiger partial charge in [-0.3, -0.25) is 24.6 Å². The Labute approximate surface area is 323 Å². The number of carbonyl (C=O) groups excluding carboxylic acids is 3. The molecule has 9 nitrogen and oxygen atoms in total. The number of carbonyl (C=O) groups is 3. The van der Waals surface area contributed by atoms with Crippen LogP contribution in [0.4, 0.5) is 11.4 Å². The molecule has 0 bridgehead atoms. The summed E-state index contributed by atoms with van der Waals surface area (Å²) in [6.45, 7) is 10.0. The van der Waals surface area contributed by atoms with Gasteiger partial charge in [0.2, 0.25) is 11.8 Å². The van der Waals surface area contributed by atoms with E-state index in [1.165, 1.54) is 40.8 Å². The van der Waals surface area contributed by atoms with Crippen molar-refractivity contribution in [2.75, 3.05) is 55.6 Å². The minimum atomic E-state index is -0.587. The van der Waals surface area contributed by atoms with Crippen LogP contribution in [-0.4, -0.2) is 84.5 Å². The number of hydrogen-bond acceptors (Lipinski definition) is 7. The Morgan fingerprint density at radius 2 is 1.47 bits per heavy atom. The molecular weight excluding hydrogens is 687 g/mol. The van der Waals surface area contributed by atoms with Gasteiger partial charge in [0, 0.05) is 87.0 Å². The summed E-state index contributed by atoms with van der Waals surface area (Å²) in [5.74, 6) is 0.486. The van der Waals surface area contributed by atoms with Crippen molar-refractivity contribution < 1.29 is 19.5 Å². The predicted molar refractivity (Wildman–Crippen MR) is 215 cm³/mol. The standard InChI is InChI=1S/C46H51N5O4/c1-46(35-5-3-2-4-6-35)20-17-33-28-38(52)12-14-39(33)43(46)32-7-9-36(10-8-32)49-21-18-31(19-22-49)29-48-23-25-50(26-24-48)37-11-13-40-34(27-37)30-51(45(40)55)41-15-16-42(53)47-44(41)54/h2-14,27-28,31,41,43,52H,15-26,29-30H2,1H3,(H,47,53,54)/t41-,43+,46+/m0/s1. The molecule has 0 aromatic heterocycles. The molecule has 2 N–H and O–H groups in total. The van der Waals surface area contributed by atoms with E-state index in [0.29, 0.717) is 30.2 Å². The van der Waals surface area contributed by atoms with Crippen LogP contribution in [0.3, 0.4) is 0 Å². The topological polar surface area (TPSA) is 96.4 Å². The summed E-state index contributed by atoms with van der Waals surface area (Å²) < 4.78 is 0. The van der Waals surface area contributed by atoms with Crippen molar-refractivity contribution in [3.63, 3.8) is 0 Å². The number of aromatic hydroxyl groups is 1. The van der Waals surface area contributed by atoms with Gasteiger partial charge in [0.25, 0.3) is 5.91 Å². The first kappa shape index (κ1) is 35.5. The lowest BCUT2D eigenvalue weighted by Gasteiger charge is -2.44. The van der Waals surface area contributed by atoms with Gasteiger partial charge in [-0.25, -0.2) is 0 Å². The zero-order valence-corrected chi connectivity index (χ0v) is 31.8. The third kappa shape index (κ3) is 6.77. The highest BCUT2D eigenvalue weighted by Crippen LogP contribution is 2.51. The van der Waals surface area contributed by atoms with Crippen molar-refractivity contribution in [3.8, 4) is 5.75 Å². The lowest BCUT2D eigenvalue weighted by atomic mass is 9.59. The van der Waals surface area contributed by atoms with Gasteiger partial charge in [-0.15, -0.1) is 0 Å². The molecule has 55 heavy (non-hydrogen) atoms. The number of nitrogens with zero attached hydrogens (tertiary/aromatic N) is 4. The Balaban J connectivity index is 0.790. The Hall–Kier alpha value is -5.15. The average Bonchev–Trinajstić information content (AvgIpc) is 3.53. The molecule has 1 aliphatic carbocycles. The van der Waals surface area contributed by atoms with E-state index in [1.807, 2.05) is 24.3 Å². The molecule has 284 valence electrons. The van der Waals surface area contributed by atoms with Crippen molar-refractivity contribution in [2.45, 2.75) is 69.4 Å². The zero-order valence-electron chi connectivity index (χ0n) is 31.8. The van der Waals surface area contributed by atoms with E-state index in [1.54, 1.807) is 4.90 Å². The molecular formula is C46H51N5O4. The maximum atomic E-state index is 13.2. The molecule has 0 radical (unpaired) electrons. The molecule has 4 aliphatic heterocycles. The number of aryl methyl sites for hydroxylation is 1. The van der Waals surface area contributed by atoms with E-state index in [0.717, 1.165) is 69.9 Å². The molecule has 3 amide bonds. The Bertz CT molecular complexity index is 2090. The zero-order chi connectivity index (χ0) is 37.7. The summed E-state index contributed by atoms with van der Waals surface area (Å²) in [5, 5.41) is 12.7. The van der Waals surface area contributed by atoms with Gasteiger partial charge >= 0.3 is 0 Å². The van der Waals surface area contributed by atoms with Crippen LogP contribution >= 0.6 is 0 Å². The maximum Gasteiger partial charge on any atom is 0.255 e. The van der Waals surface area contributed by atoms with Crippen LogP contribution in [-0.2, 0) is 28.0 Å². The van der Waals surface area contributed by atoms with E-state index in [9.17, 15) is 19.5 Å². The minimum Gasteiger partial charge on any atom is -0.508 e. The van der Waals surface area contributed by atoms with E-state index in [4.69, 9.17) is 0 Å². The Morgan fingerprint density at radius 1 is 0.745 bits per heavy atom. The summed E-state index contributed by atoms with van der Waals surface area (Å²) in [7, 11) is 0. The van der Waals surface area contributed by atoms with Gasteiger partial charge in [0.1, 0.15) is 11.8 Å². The molecule has 4 heterocycles. The van der Waals surface area contributed by atoms with Crippen LogP contribution in [0.2, 0.25) is 0 Å². The summed E-state index contributed by atoms with van der Waals surface area (Å²) >= 11 is 0. The second-order valence-electron chi connectivity index (χ2n) is 16.7. The van der Waals surface area contributed by atoms with Crippen molar-refractivity contribution in [3.05, 3.63) is 124 Å². The Kier molecular flexibility index (Phi) is 9.37. The molecule has 9 heteroatoms. The summed E-state index contributed by atoms with van der Waals surface area (Å²) in [6, 6.07) is 31.8. The largest absolute Gasteiger partial charge is 0.508 e. The normalized spacial score (nSPS) is 24.8. The smallest absolute Gasteiger partial charge is 0.255 e. The molecule has 4 aromatic rings. The van der Waals surface area contributed by atoms with Gasteiger partial charge in [-0.1, -0.05) is 55.5 Å². The fourth-order valence-corrected chi connectivity index (χ4v) is 10.2. The molecule has 0 spiro atoms. The molecule has 5 aliphatic rings. The number of rotatable bonds is 7. The molecule has 4 aromatic carbocycles. The van der Waals surface area contributed by atoms with Gasteiger partial charge in [-0.05, 0) is 108 Å². The average molecular weight is 738 g/mol. The second kappa shape index (κ2) is 14.5. The minimum absolute atomic E-state index is 0.0422. The Morgan fingerprint density at radius 3 is 2.22 bits per heavy atom. The summed E-state index contributed by atoms with van der Waals surface area (Å²) in [5.41, 5.74) is 9.30. The van der Waals surface area contributed by atoms with Crippen LogP contribution < -0.4 is 15.1 Å². The molecule has 3 saturated heterocycles. The molecule has 3 atom stereocenters. The first-order chi connectivity index (χ1) is 26.7. The lowest BCUT2D eigenvalue weighted by Crippen LogP contribution is -2.52. The predicted octanol–water partition coefficient (Wildman–Crippen LogP) is 6.23. The van der Waals surface area contributed by atoms with Crippen LogP contribution in [0.25, 0.3) is 0 Å². The van der Waals surface area contributed by atoms with Crippen LogP contribution in [0.15, 0.2) is 91.0 Å². The number of phenols is 1. The number of benzene rings is 4. The summed E-state index contributed by atoms with van der Waals surface area (Å²) in [4.78, 5) is 46.5. The molecule has 0 saturated carbocycles. The monoisotopic (exact) mass is 737 g/mol. The number of fused-ring (bicyclic) bond motifs is 2. The van der Waals surface area contributed by atoms with Gasteiger partial charge in [0.05, 0.1) is 0 Å². The van der Waals surface area contributed by atoms with Crippen molar-refractivity contribution >= 4 is 29.1 Å². The van der Waals surface area contributed by atoms with Crippen LogP contribution in [0.1, 0.15) is 83.1 Å². The molecule has 0 unspecified atom stereocenters. The number of piperidine rings is 2.